The molecule has 23 heavy (non-hydrogen) atoms. The van der Waals surface area contributed by atoms with Crippen molar-refractivity contribution in [1.82, 2.24) is 0 Å². The molecule has 0 saturated heterocycles. The van der Waals surface area contributed by atoms with Crippen LogP contribution in [0.25, 0.3) is 0 Å². The van der Waals surface area contributed by atoms with Crippen LogP contribution >= 0.6 is 19.2 Å². The smallest absolute Gasteiger partial charge is 0.362 e. The number of ketones is 1. The summed E-state index contributed by atoms with van der Waals surface area (Å²) >= 11 is 6.00. The molecule has 1 atom stereocenters. The highest BCUT2D eigenvalue weighted by molar-refractivity contribution is 7.55. The second kappa shape index (κ2) is 7.91. The minimum atomic E-state index is -3.93. The molecule has 1 aromatic rings. The van der Waals surface area contributed by atoms with E-state index in [0.29, 0.717) is 0 Å². The number of carbonyl (C=O) groups is 1. The Bertz CT molecular complexity index is 584. The normalized spacial score (nSPS) is 15.0. The van der Waals surface area contributed by atoms with Gasteiger partial charge < -0.3 is 14.2 Å². The average Bonchev–Trinajstić information content (AvgIpc) is 2.36. The van der Waals surface area contributed by atoms with Crippen LogP contribution in [0.1, 0.15) is 51.4 Å². The quantitative estimate of drug-likeness (QED) is 0.537. The summed E-state index contributed by atoms with van der Waals surface area (Å²) in [5.41, 5.74) is 0.259. The molecule has 0 unspecified atom stereocenters. The Morgan fingerprint density at radius 1 is 1.22 bits per heavy atom. The van der Waals surface area contributed by atoms with Crippen molar-refractivity contribution in [3.8, 4) is 0 Å². The Hall–Kier alpha value is -0.710. The lowest BCUT2D eigenvalue weighted by molar-refractivity contribution is 0.0459. The van der Waals surface area contributed by atoms with E-state index in [4.69, 9.17) is 20.6 Å². The first-order valence-electron chi connectivity index (χ1n) is 7.45. The number of halogens is 1. The lowest BCUT2D eigenvalue weighted by Crippen LogP contribution is -2.32. The highest BCUT2D eigenvalue weighted by Crippen LogP contribution is 2.61. The average molecular weight is 363 g/mol. The molecule has 7 heteroatoms. The van der Waals surface area contributed by atoms with E-state index in [-0.39, 0.29) is 10.6 Å². The fourth-order valence-corrected chi connectivity index (χ4v) is 4.18. The summed E-state index contributed by atoms with van der Waals surface area (Å²) in [5.74, 6) is -0.430. The van der Waals surface area contributed by atoms with E-state index in [1.165, 1.54) is 6.92 Å². The molecule has 0 radical (unpaired) electrons. The molecule has 0 aliphatic heterocycles. The number of rotatable bonds is 8. The fourth-order valence-electron chi connectivity index (χ4n) is 1.99. The lowest BCUT2D eigenvalue weighted by atomic mass is 10.1. The molecule has 130 valence electrons. The van der Waals surface area contributed by atoms with Crippen LogP contribution in [0.5, 0.6) is 0 Å². The molecule has 0 heterocycles. The summed E-state index contributed by atoms with van der Waals surface area (Å²) in [6.07, 6.45) is -1.28. The molecule has 0 aliphatic carbocycles. The molecule has 1 N–H and O–H groups in total. The monoisotopic (exact) mass is 362 g/mol. The Balaban J connectivity index is 3.08. The molecule has 0 fully saturated rings. The second-order valence-electron chi connectivity index (χ2n) is 6.10. The summed E-state index contributed by atoms with van der Waals surface area (Å²) in [5, 5.41) is 8.99. The van der Waals surface area contributed by atoms with Gasteiger partial charge in [-0.05, 0) is 46.8 Å². The van der Waals surface area contributed by atoms with E-state index >= 15 is 0 Å². The maximum atomic E-state index is 13.0. The van der Waals surface area contributed by atoms with Gasteiger partial charge in [0, 0.05) is 5.56 Å². The van der Waals surface area contributed by atoms with Crippen molar-refractivity contribution >= 4 is 25.0 Å². The Kier molecular flexibility index (Phi) is 6.99. The summed E-state index contributed by atoms with van der Waals surface area (Å²) < 4.78 is 23.8. The van der Waals surface area contributed by atoms with Gasteiger partial charge in [-0.2, -0.15) is 0 Å². The first-order chi connectivity index (χ1) is 10.5. The van der Waals surface area contributed by atoms with Crippen LogP contribution in [0, 0.1) is 0 Å². The van der Waals surface area contributed by atoms with Gasteiger partial charge in [0.25, 0.3) is 0 Å². The van der Waals surface area contributed by atoms with Crippen LogP contribution in [0.3, 0.4) is 0 Å². The molecule has 5 nitrogen and oxygen atoms in total. The number of hydrogen-bond donors (Lipinski definition) is 1. The lowest BCUT2D eigenvalue weighted by Gasteiger charge is -2.33. The van der Waals surface area contributed by atoms with Gasteiger partial charge in [0.1, 0.15) is 0 Å². The maximum Gasteiger partial charge on any atom is 0.362 e. The van der Waals surface area contributed by atoms with Crippen molar-refractivity contribution in [2.45, 2.75) is 58.6 Å². The first-order valence-corrected chi connectivity index (χ1v) is 9.37. The van der Waals surface area contributed by atoms with Crippen molar-refractivity contribution in [3.05, 3.63) is 34.9 Å². The Morgan fingerprint density at radius 2 is 1.70 bits per heavy atom. The van der Waals surface area contributed by atoms with Crippen molar-refractivity contribution in [3.63, 3.8) is 0 Å². The Labute approximate surface area is 142 Å². The molecular formula is C16H24ClO5P. The number of Topliss-reactive ketones (excluding diaryl/α,β-unsaturated/α-hetero) is 1. The van der Waals surface area contributed by atoms with Crippen molar-refractivity contribution in [1.29, 1.82) is 0 Å². The summed E-state index contributed by atoms with van der Waals surface area (Å²) in [6.45, 7) is 8.02. The predicted octanol–water partition coefficient (Wildman–Crippen LogP) is 4.66. The third-order valence-electron chi connectivity index (χ3n) is 2.96. The van der Waals surface area contributed by atoms with Crippen LogP contribution in [0.4, 0.5) is 0 Å². The predicted molar refractivity (Wildman–Crippen MR) is 91.1 cm³/mol. The molecule has 0 aromatic heterocycles. The van der Waals surface area contributed by atoms with Gasteiger partial charge in [-0.25, -0.2) is 0 Å². The molecule has 0 bridgehead atoms. The van der Waals surface area contributed by atoms with Crippen LogP contribution in [-0.4, -0.2) is 28.4 Å². The van der Waals surface area contributed by atoms with E-state index in [1.54, 1.807) is 52.0 Å². The Morgan fingerprint density at radius 3 is 2.13 bits per heavy atom. The van der Waals surface area contributed by atoms with Gasteiger partial charge in [0.2, 0.25) is 0 Å². The van der Waals surface area contributed by atoms with E-state index in [0.717, 1.165) is 0 Å². The van der Waals surface area contributed by atoms with E-state index in [2.05, 4.69) is 0 Å². The largest absolute Gasteiger partial charge is 0.377 e. The third kappa shape index (κ3) is 5.40. The zero-order chi connectivity index (χ0) is 17.8. The zero-order valence-corrected chi connectivity index (χ0v) is 15.7. The van der Waals surface area contributed by atoms with E-state index in [1.807, 2.05) is 0 Å². The van der Waals surface area contributed by atoms with Crippen molar-refractivity contribution in [2.24, 2.45) is 0 Å². The number of aliphatic hydroxyl groups is 1. The molecule has 1 aromatic carbocycles. The standard InChI is InChI=1S/C16H24ClO5P/c1-11(2)21-23(20,22-12(3)4)16(5,19)10-15(18)13-8-6-7-9-14(13)17/h6-9,11-12,19H,10H2,1-5H3/t16-/m1/s1. The molecule has 0 aliphatic rings. The molecular weight excluding hydrogens is 339 g/mol. The molecule has 0 spiro atoms. The highest BCUT2D eigenvalue weighted by Gasteiger charge is 2.48. The minimum absolute atomic E-state index is 0.259. The minimum Gasteiger partial charge on any atom is -0.377 e. The van der Waals surface area contributed by atoms with Crippen LogP contribution < -0.4 is 0 Å². The molecule has 1 rings (SSSR count). The second-order valence-corrected chi connectivity index (χ2v) is 8.89. The van der Waals surface area contributed by atoms with Crippen molar-refractivity contribution in [2.75, 3.05) is 0 Å². The third-order valence-corrected chi connectivity index (χ3v) is 6.02. The van der Waals surface area contributed by atoms with E-state index < -0.39 is 37.3 Å². The number of benzene rings is 1. The highest BCUT2D eigenvalue weighted by atomic mass is 35.5. The van der Waals surface area contributed by atoms with Crippen LogP contribution in [0.15, 0.2) is 24.3 Å². The summed E-state index contributed by atoms with van der Waals surface area (Å²) in [4.78, 5) is 12.4. The van der Waals surface area contributed by atoms with Gasteiger partial charge in [0.05, 0.1) is 23.7 Å². The zero-order valence-electron chi connectivity index (χ0n) is 14.1. The van der Waals surface area contributed by atoms with Crippen LogP contribution in [-0.2, 0) is 13.6 Å². The van der Waals surface area contributed by atoms with Gasteiger partial charge >= 0.3 is 7.60 Å². The number of carbonyl (C=O) groups excluding carboxylic acids is 1. The van der Waals surface area contributed by atoms with Crippen molar-refractivity contribution < 1.29 is 23.5 Å². The van der Waals surface area contributed by atoms with Gasteiger partial charge in [-0.3, -0.25) is 9.36 Å². The van der Waals surface area contributed by atoms with Gasteiger partial charge in [-0.1, -0.05) is 23.7 Å². The summed E-state index contributed by atoms with van der Waals surface area (Å²) in [6, 6.07) is 6.51. The topological polar surface area (TPSA) is 72.8 Å². The van der Waals surface area contributed by atoms with E-state index in [9.17, 15) is 14.5 Å². The van der Waals surface area contributed by atoms with Gasteiger partial charge in [0.15, 0.2) is 11.1 Å². The molecule has 0 saturated carbocycles. The molecule has 0 amide bonds. The van der Waals surface area contributed by atoms with Crippen LogP contribution in [0.2, 0.25) is 5.02 Å². The number of hydrogen-bond acceptors (Lipinski definition) is 5. The van der Waals surface area contributed by atoms with Gasteiger partial charge in [-0.15, -0.1) is 0 Å². The maximum absolute atomic E-state index is 13.0. The first kappa shape index (κ1) is 20.3. The SMILES string of the molecule is CC(C)OP(=O)(OC(C)C)[C@@](C)(O)CC(=O)c1ccccc1Cl. The fraction of sp³-hybridized carbons (Fsp3) is 0.562. The summed E-state index contributed by atoms with van der Waals surface area (Å²) in [7, 11) is -3.93.